The van der Waals surface area contributed by atoms with E-state index in [0.717, 1.165) is 35.7 Å². The lowest BCUT2D eigenvalue weighted by molar-refractivity contribution is 0.207. The van der Waals surface area contributed by atoms with E-state index >= 15 is 0 Å². The van der Waals surface area contributed by atoms with Crippen LogP contribution in [0.25, 0.3) is 11.1 Å². The van der Waals surface area contributed by atoms with E-state index in [1.165, 1.54) is 12.8 Å². The molecule has 0 saturated carbocycles. The van der Waals surface area contributed by atoms with E-state index in [1.54, 1.807) is 6.26 Å². The maximum atomic E-state index is 12.4. The Labute approximate surface area is 165 Å². The van der Waals surface area contributed by atoms with Crippen molar-refractivity contribution in [2.75, 3.05) is 25.0 Å². The van der Waals surface area contributed by atoms with Crippen LogP contribution in [0.3, 0.4) is 0 Å². The molecule has 1 aliphatic rings. The lowest BCUT2D eigenvalue weighted by Crippen LogP contribution is -2.38. The molecule has 3 aromatic rings. The topological polar surface area (TPSA) is 57.5 Å². The van der Waals surface area contributed by atoms with Gasteiger partial charge in [0.05, 0.1) is 12.3 Å². The van der Waals surface area contributed by atoms with Gasteiger partial charge in [0.1, 0.15) is 5.76 Å². The molecule has 0 bridgehead atoms. The molecule has 1 fully saturated rings. The minimum Gasteiger partial charge on any atom is -0.468 e. The minimum absolute atomic E-state index is 0.0729. The Balaban J connectivity index is 1.34. The van der Waals surface area contributed by atoms with E-state index in [2.05, 4.69) is 27.7 Å². The second-order valence-electron chi connectivity index (χ2n) is 7.05. The van der Waals surface area contributed by atoms with Crippen molar-refractivity contribution in [1.29, 1.82) is 0 Å². The molecule has 0 unspecified atom stereocenters. The minimum atomic E-state index is -0.205. The Morgan fingerprint density at radius 3 is 2.32 bits per heavy atom. The summed E-state index contributed by atoms with van der Waals surface area (Å²) in [6, 6.07) is 21.8. The van der Waals surface area contributed by atoms with Crippen molar-refractivity contribution in [2.24, 2.45) is 0 Å². The van der Waals surface area contributed by atoms with Crippen molar-refractivity contribution in [1.82, 2.24) is 10.2 Å². The molecule has 2 amide bonds. The smallest absolute Gasteiger partial charge is 0.319 e. The maximum Gasteiger partial charge on any atom is 0.319 e. The molecule has 0 spiro atoms. The summed E-state index contributed by atoms with van der Waals surface area (Å²) in [5.41, 5.74) is 3.05. The first-order chi connectivity index (χ1) is 13.8. The number of carbonyl (C=O) groups is 1. The molecule has 5 heteroatoms. The van der Waals surface area contributed by atoms with Crippen LogP contribution in [0.1, 0.15) is 24.6 Å². The van der Waals surface area contributed by atoms with Crippen molar-refractivity contribution in [2.45, 2.75) is 18.9 Å². The largest absolute Gasteiger partial charge is 0.468 e. The van der Waals surface area contributed by atoms with Gasteiger partial charge in [-0.15, -0.1) is 0 Å². The molecular formula is C23H25N3O2. The van der Waals surface area contributed by atoms with E-state index in [0.29, 0.717) is 6.54 Å². The van der Waals surface area contributed by atoms with Crippen LogP contribution < -0.4 is 10.6 Å². The first-order valence-electron chi connectivity index (χ1n) is 9.77. The van der Waals surface area contributed by atoms with Crippen LogP contribution in [-0.4, -0.2) is 30.6 Å². The van der Waals surface area contributed by atoms with Crippen molar-refractivity contribution < 1.29 is 9.21 Å². The van der Waals surface area contributed by atoms with Crippen LogP contribution >= 0.6 is 0 Å². The maximum absolute atomic E-state index is 12.4. The van der Waals surface area contributed by atoms with Gasteiger partial charge in [-0.1, -0.05) is 42.5 Å². The number of urea groups is 1. The fourth-order valence-corrected chi connectivity index (χ4v) is 3.69. The fourth-order valence-electron chi connectivity index (χ4n) is 3.69. The molecule has 144 valence electrons. The number of anilines is 1. The van der Waals surface area contributed by atoms with Gasteiger partial charge in [-0.3, -0.25) is 4.90 Å². The summed E-state index contributed by atoms with van der Waals surface area (Å²) in [6.07, 6.45) is 4.07. The third kappa shape index (κ3) is 4.43. The fraction of sp³-hybridized carbons (Fsp3) is 0.261. The Bertz CT molecular complexity index is 870. The molecule has 28 heavy (non-hydrogen) atoms. The molecule has 4 rings (SSSR count). The molecule has 2 heterocycles. The average Bonchev–Trinajstić information content (AvgIpc) is 3.44. The van der Waals surface area contributed by atoms with Crippen molar-refractivity contribution in [3.8, 4) is 11.1 Å². The number of furan rings is 1. The molecule has 1 aliphatic heterocycles. The molecular weight excluding hydrogens is 350 g/mol. The van der Waals surface area contributed by atoms with Crippen LogP contribution in [0.15, 0.2) is 77.4 Å². The van der Waals surface area contributed by atoms with Crippen molar-refractivity contribution in [3.05, 3.63) is 78.8 Å². The van der Waals surface area contributed by atoms with Crippen LogP contribution in [0.5, 0.6) is 0 Å². The molecule has 5 nitrogen and oxygen atoms in total. The Morgan fingerprint density at radius 2 is 1.64 bits per heavy atom. The number of nitrogens with zero attached hydrogens (tertiary/aromatic N) is 1. The zero-order chi connectivity index (χ0) is 19.2. The normalized spacial score (nSPS) is 15.3. The Hall–Kier alpha value is -3.05. The quantitative estimate of drug-likeness (QED) is 0.644. The molecule has 1 aromatic heterocycles. The second-order valence-corrected chi connectivity index (χ2v) is 7.05. The molecule has 0 aliphatic carbocycles. The molecule has 0 radical (unpaired) electrons. The third-order valence-corrected chi connectivity index (χ3v) is 5.16. The van der Waals surface area contributed by atoms with Crippen LogP contribution in [-0.2, 0) is 0 Å². The first-order valence-corrected chi connectivity index (χ1v) is 9.77. The summed E-state index contributed by atoms with van der Waals surface area (Å²) in [5, 5.41) is 5.90. The van der Waals surface area contributed by atoms with Crippen molar-refractivity contribution >= 4 is 11.7 Å². The van der Waals surface area contributed by atoms with Gasteiger partial charge in [0.2, 0.25) is 0 Å². The van der Waals surface area contributed by atoms with Gasteiger partial charge in [0, 0.05) is 12.2 Å². The number of benzene rings is 2. The monoisotopic (exact) mass is 375 g/mol. The third-order valence-electron chi connectivity index (χ3n) is 5.16. The summed E-state index contributed by atoms with van der Waals surface area (Å²) in [7, 11) is 0. The van der Waals surface area contributed by atoms with Gasteiger partial charge in [0.25, 0.3) is 0 Å². The summed E-state index contributed by atoms with van der Waals surface area (Å²) >= 11 is 0. The predicted molar refractivity (Wildman–Crippen MR) is 111 cm³/mol. The van der Waals surface area contributed by atoms with E-state index < -0.39 is 0 Å². The van der Waals surface area contributed by atoms with Gasteiger partial charge < -0.3 is 15.1 Å². The number of amides is 2. The predicted octanol–water partition coefficient (Wildman–Crippen LogP) is 4.91. The average molecular weight is 375 g/mol. The van der Waals surface area contributed by atoms with E-state index in [9.17, 15) is 4.79 Å². The van der Waals surface area contributed by atoms with Crippen LogP contribution in [0, 0.1) is 0 Å². The summed E-state index contributed by atoms with van der Waals surface area (Å²) in [6.45, 7) is 2.59. The van der Waals surface area contributed by atoms with E-state index in [1.807, 2.05) is 54.6 Å². The Kier molecular flexibility index (Phi) is 5.73. The molecule has 2 N–H and O–H groups in total. The first kappa shape index (κ1) is 18.3. The highest BCUT2D eigenvalue weighted by atomic mass is 16.3. The molecule has 1 saturated heterocycles. The van der Waals surface area contributed by atoms with Crippen molar-refractivity contribution in [3.63, 3.8) is 0 Å². The number of hydrogen-bond acceptors (Lipinski definition) is 3. The molecule has 2 aromatic carbocycles. The number of rotatable bonds is 6. The highest BCUT2D eigenvalue weighted by Gasteiger charge is 2.25. The number of hydrogen-bond donors (Lipinski definition) is 2. The highest BCUT2D eigenvalue weighted by Crippen LogP contribution is 2.25. The van der Waals surface area contributed by atoms with Gasteiger partial charge in [-0.05, 0) is 61.3 Å². The van der Waals surface area contributed by atoms with Gasteiger partial charge in [-0.2, -0.15) is 0 Å². The van der Waals surface area contributed by atoms with Gasteiger partial charge >= 0.3 is 6.03 Å². The number of carbonyl (C=O) groups excluding carboxylic acids is 1. The lowest BCUT2D eigenvalue weighted by Gasteiger charge is -2.26. The SMILES string of the molecule is O=C(NC[C@H](c1ccco1)N1CCCC1)Nc1ccc(-c2ccccc2)cc1. The van der Waals surface area contributed by atoms with Gasteiger partial charge in [-0.25, -0.2) is 4.79 Å². The number of likely N-dealkylation sites (tertiary alicyclic amines) is 1. The standard InChI is InChI=1S/C23H25N3O2/c27-23(24-17-21(22-9-6-16-28-22)26-14-4-5-15-26)25-20-12-10-19(11-13-20)18-7-2-1-3-8-18/h1-3,6-13,16,21H,4-5,14-15,17H2,(H2,24,25,27)/t21-/m1/s1. The van der Waals surface area contributed by atoms with E-state index in [-0.39, 0.29) is 12.1 Å². The Morgan fingerprint density at radius 1 is 0.929 bits per heavy atom. The summed E-state index contributed by atoms with van der Waals surface area (Å²) in [5.74, 6) is 0.898. The summed E-state index contributed by atoms with van der Waals surface area (Å²) < 4.78 is 5.60. The van der Waals surface area contributed by atoms with E-state index in [4.69, 9.17) is 4.42 Å². The summed E-state index contributed by atoms with van der Waals surface area (Å²) in [4.78, 5) is 14.8. The highest BCUT2D eigenvalue weighted by molar-refractivity contribution is 5.89. The zero-order valence-electron chi connectivity index (χ0n) is 15.8. The lowest BCUT2D eigenvalue weighted by atomic mass is 10.1. The van der Waals surface area contributed by atoms with Crippen LogP contribution in [0.2, 0.25) is 0 Å². The molecule has 1 atom stereocenters. The zero-order valence-corrected chi connectivity index (χ0v) is 15.8. The van der Waals surface area contributed by atoms with Crippen LogP contribution in [0.4, 0.5) is 10.5 Å². The van der Waals surface area contributed by atoms with Gasteiger partial charge in [0.15, 0.2) is 0 Å². The second kappa shape index (κ2) is 8.76. The number of nitrogens with one attached hydrogen (secondary N) is 2.